The highest BCUT2D eigenvalue weighted by Gasteiger charge is 2.17. The summed E-state index contributed by atoms with van der Waals surface area (Å²) < 4.78 is 2.23. The maximum atomic E-state index is 11.3. The number of benzene rings is 1. The Balaban J connectivity index is 2.88. The molecule has 4 nitrogen and oxygen atoms in total. The molecule has 2 rings (SSSR count). The van der Waals surface area contributed by atoms with E-state index >= 15 is 0 Å². The van der Waals surface area contributed by atoms with Crippen molar-refractivity contribution in [1.29, 1.82) is 0 Å². The minimum absolute atomic E-state index is 0.369. The fourth-order valence-corrected chi connectivity index (χ4v) is 3.02. The molecule has 1 aromatic heterocycles. The van der Waals surface area contributed by atoms with E-state index in [1.54, 1.807) is 12.1 Å². The van der Waals surface area contributed by atoms with Gasteiger partial charge in [-0.1, -0.05) is 13.8 Å². The van der Waals surface area contributed by atoms with Gasteiger partial charge in [0.1, 0.15) is 0 Å². The first-order valence-electron chi connectivity index (χ1n) is 7.13. The third-order valence-corrected chi connectivity index (χ3v) is 3.96. The van der Waals surface area contributed by atoms with Gasteiger partial charge in [0.05, 0.1) is 11.1 Å². The molecule has 0 unspecified atom stereocenters. The topological polar surface area (TPSA) is 68.2 Å². The molecule has 0 aliphatic carbocycles. The van der Waals surface area contributed by atoms with E-state index < -0.39 is 5.97 Å². The summed E-state index contributed by atoms with van der Waals surface area (Å²) in [5, 5.41) is 10.3. The van der Waals surface area contributed by atoms with Crippen molar-refractivity contribution in [2.75, 3.05) is 6.54 Å². The normalized spacial score (nSPS) is 11.2. The Morgan fingerprint density at radius 3 is 2.50 bits per heavy atom. The summed E-state index contributed by atoms with van der Waals surface area (Å²) >= 11 is 0. The monoisotopic (exact) mass is 274 g/mol. The average molecular weight is 274 g/mol. The number of carbonyl (C=O) groups is 1. The molecule has 0 atom stereocenters. The Morgan fingerprint density at radius 1 is 1.30 bits per heavy atom. The maximum Gasteiger partial charge on any atom is 0.335 e. The summed E-state index contributed by atoms with van der Waals surface area (Å²) in [7, 11) is 0. The van der Waals surface area contributed by atoms with Gasteiger partial charge in [-0.2, -0.15) is 0 Å². The quantitative estimate of drug-likeness (QED) is 0.881. The summed E-state index contributed by atoms with van der Waals surface area (Å²) in [6, 6.07) is 3.59. The minimum Gasteiger partial charge on any atom is -0.478 e. The largest absolute Gasteiger partial charge is 0.478 e. The van der Waals surface area contributed by atoms with Crippen LogP contribution in [0.15, 0.2) is 12.1 Å². The molecule has 0 saturated carbocycles. The molecule has 2 aromatic rings. The van der Waals surface area contributed by atoms with Crippen molar-refractivity contribution in [3.05, 3.63) is 34.5 Å². The number of nitrogens with two attached hydrogens (primary N) is 1. The Kier molecular flexibility index (Phi) is 4.14. The van der Waals surface area contributed by atoms with E-state index in [0.717, 1.165) is 35.9 Å². The third-order valence-electron chi connectivity index (χ3n) is 3.96. The summed E-state index contributed by atoms with van der Waals surface area (Å²) in [6.45, 7) is 7.60. The minimum atomic E-state index is -0.868. The van der Waals surface area contributed by atoms with Gasteiger partial charge in [-0.05, 0) is 43.0 Å². The third kappa shape index (κ3) is 2.20. The number of aryl methyl sites for hydroxylation is 2. The first-order chi connectivity index (χ1) is 9.54. The van der Waals surface area contributed by atoms with Crippen LogP contribution in [0, 0.1) is 6.92 Å². The van der Waals surface area contributed by atoms with Gasteiger partial charge in [-0.15, -0.1) is 0 Å². The van der Waals surface area contributed by atoms with Crippen LogP contribution in [0.5, 0.6) is 0 Å². The molecule has 0 aliphatic heterocycles. The highest BCUT2D eigenvalue weighted by molar-refractivity contribution is 5.97. The zero-order valence-electron chi connectivity index (χ0n) is 12.4. The van der Waals surface area contributed by atoms with Crippen molar-refractivity contribution in [3.63, 3.8) is 0 Å². The fraction of sp³-hybridized carbons (Fsp3) is 0.438. The molecule has 108 valence electrons. The Bertz CT molecular complexity index is 656. The van der Waals surface area contributed by atoms with E-state index in [2.05, 4.69) is 25.3 Å². The van der Waals surface area contributed by atoms with Crippen molar-refractivity contribution >= 4 is 16.9 Å². The van der Waals surface area contributed by atoms with Crippen LogP contribution in [0.2, 0.25) is 0 Å². The number of rotatable bonds is 5. The van der Waals surface area contributed by atoms with Crippen LogP contribution in [0.25, 0.3) is 10.9 Å². The molecule has 3 N–H and O–H groups in total. The van der Waals surface area contributed by atoms with Crippen molar-refractivity contribution in [2.45, 2.75) is 40.2 Å². The van der Waals surface area contributed by atoms with Crippen LogP contribution in [0.1, 0.15) is 41.0 Å². The zero-order valence-corrected chi connectivity index (χ0v) is 12.4. The highest BCUT2D eigenvalue weighted by Crippen LogP contribution is 2.30. The van der Waals surface area contributed by atoms with E-state index in [-0.39, 0.29) is 0 Å². The average Bonchev–Trinajstić information content (AvgIpc) is 2.70. The highest BCUT2D eigenvalue weighted by atomic mass is 16.4. The number of nitrogens with zero attached hydrogens (tertiary/aromatic N) is 1. The van der Waals surface area contributed by atoms with Gasteiger partial charge in [0.15, 0.2) is 0 Å². The number of hydrogen-bond acceptors (Lipinski definition) is 2. The zero-order chi connectivity index (χ0) is 14.9. The van der Waals surface area contributed by atoms with Gasteiger partial charge < -0.3 is 15.4 Å². The number of carboxylic acid groups (broad SMARTS) is 1. The molecule has 0 radical (unpaired) electrons. The van der Waals surface area contributed by atoms with E-state index in [9.17, 15) is 9.90 Å². The van der Waals surface area contributed by atoms with Crippen LogP contribution in [0.4, 0.5) is 0 Å². The van der Waals surface area contributed by atoms with Gasteiger partial charge in [0.2, 0.25) is 0 Å². The molecule has 0 amide bonds. The van der Waals surface area contributed by atoms with E-state index in [4.69, 9.17) is 5.73 Å². The molecule has 20 heavy (non-hydrogen) atoms. The second-order valence-corrected chi connectivity index (χ2v) is 5.05. The van der Waals surface area contributed by atoms with E-state index in [1.165, 1.54) is 11.3 Å². The lowest BCUT2D eigenvalue weighted by Crippen LogP contribution is -2.12. The first-order valence-corrected chi connectivity index (χ1v) is 7.13. The number of hydrogen-bond donors (Lipinski definition) is 2. The summed E-state index contributed by atoms with van der Waals surface area (Å²) in [5.74, 6) is -0.868. The molecular weight excluding hydrogens is 252 g/mol. The molecule has 0 aliphatic rings. The van der Waals surface area contributed by atoms with Crippen LogP contribution >= 0.6 is 0 Å². The predicted molar refractivity (Wildman–Crippen MR) is 81.4 cm³/mol. The maximum absolute atomic E-state index is 11.3. The summed E-state index contributed by atoms with van der Waals surface area (Å²) in [5.41, 5.74) is 10.8. The number of aromatic nitrogens is 1. The van der Waals surface area contributed by atoms with Gasteiger partial charge in [0.25, 0.3) is 0 Å². The molecule has 0 fully saturated rings. The van der Waals surface area contributed by atoms with Gasteiger partial charge >= 0.3 is 5.97 Å². The lowest BCUT2D eigenvalue weighted by atomic mass is 10.0. The number of fused-ring (bicyclic) bond motifs is 1. The SMILES string of the molecule is CCc1c(C)n(CCN)c2c(CC)cc(C(=O)O)cc12. The molecule has 1 heterocycles. The van der Waals surface area contributed by atoms with Crippen LogP contribution < -0.4 is 5.73 Å². The molecule has 1 aromatic carbocycles. The van der Waals surface area contributed by atoms with Crippen LogP contribution in [-0.2, 0) is 19.4 Å². The van der Waals surface area contributed by atoms with E-state index in [1.807, 2.05) is 0 Å². The second-order valence-electron chi connectivity index (χ2n) is 5.05. The molecule has 0 saturated heterocycles. The van der Waals surface area contributed by atoms with E-state index in [0.29, 0.717) is 12.1 Å². The first kappa shape index (κ1) is 14.6. The Morgan fingerprint density at radius 2 is 2.00 bits per heavy atom. The molecule has 0 bridgehead atoms. The Hall–Kier alpha value is -1.81. The van der Waals surface area contributed by atoms with Crippen molar-refractivity contribution < 1.29 is 9.90 Å². The summed E-state index contributed by atoms with van der Waals surface area (Å²) in [4.78, 5) is 11.3. The van der Waals surface area contributed by atoms with Crippen molar-refractivity contribution in [1.82, 2.24) is 4.57 Å². The fourth-order valence-electron chi connectivity index (χ4n) is 3.02. The lowest BCUT2D eigenvalue weighted by molar-refractivity contribution is 0.0697. The van der Waals surface area contributed by atoms with Crippen LogP contribution in [0.3, 0.4) is 0 Å². The van der Waals surface area contributed by atoms with Crippen molar-refractivity contribution in [3.8, 4) is 0 Å². The smallest absolute Gasteiger partial charge is 0.335 e. The van der Waals surface area contributed by atoms with Gasteiger partial charge in [-0.25, -0.2) is 4.79 Å². The summed E-state index contributed by atoms with van der Waals surface area (Å²) in [6.07, 6.45) is 1.71. The molecule has 0 spiro atoms. The van der Waals surface area contributed by atoms with Gasteiger partial charge in [-0.3, -0.25) is 0 Å². The second kappa shape index (κ2) is 5.67. The standard InChI is InChI=1S/C16H22N2O2/c1-4-11-8-12(16(19)20)9-14-13(5-2)10(3)18(7-6-17)15(11)14/h8-9H,4-7,17H2,1-3H3,(H,19,20). The van der Waals surface area contributed by atoms with Crippen LogP contribution in [-0.4, -0.2) is 22.2 Å². The molecule has 4 heteroatoms. The van der Waals surface area contributed by atoms with Crippen molar-refractivity contribution in [2.24, 2.45) is 5.73 Å². The lowest BCUT2D eigenvalue weighted by Gasteiger charge is -2.10. The number of carboxylic acids is 1. The Labute approximate surface area is 119 Å². The predicted octanol–water partition coefficient (Wildman–Crippen LogP) is 2.73. The van der Waals surface area contributed by atoms with Gasteiger partial charge in [0, 0.05) is 24.2 Å². The molecular formula is C16H22N2O2. The number of aromatic carboxylic acids is 1.